The molecule has 0 aromatic heterocycles. The molecular formula is C12H18O. The van der Waals surface area contributed by atoms with Crippen LogP contribution in [0.1, 0.15) is 46.0 Å². The van der Waals surface area contributed by atoms with Crippen LogP contribution < -0.4 is 0 Å². The molecule has 0 aliphatic rings. The molecule has 1 N–H and O–H groups in total. The largest absolute Gasteiger partial charge is 0.378 e. The molecule has 0 spiro atoms. The van der Waals surface area contributed by atoms with Crippen LogP contribution in [0.3, 0.4) is 0 Å². The third kappa shape index (κ3) is 7.44. The molecule has 0 rings (SSSR count). The summed E-state index contributed by atoms with van der Waals surface area (Å²) in [5.41, 5.74) is -0.903. The number of terminal acetylenes is 1. The first-order valence-corrected chi connectivity index (χ1v) is 4.82. The number of hydrogen-bond acceptors (Lipinski definition) is 1. The predicted octanol–water partition coefficient (Wildman–Crippen LogP) is 2.34. The molecule has 0 saturated heterocycles. The molecule has 0 aromatic rings. The minimum Gasteiger partial charge on any atom is -0.378 e. The highest BCUT2D eigenvalue weighted by Crippen LogP contribution is 2.13. The van der Waals surface area contributed by atoms with Gasteiger partial charge >= 0.3 is 0 Å². The number of unbranched alkanes of at least 4 members (excludes halogenated alkanes) is 3. The lowest BCUT2D eigenvalue weighted by Gasteiger charge is -2.15. The third-order valence-corrected chi connectivity index (χ3v) is 1.92. The topological polar surface area (TPSA) is 20.2 Å². The Morgan fingerprint density at radius 1 is 1.31 bits per heavy atom. The summed E-state index contributed by atoms with van der Waals surface area (Å²) in [6.45, 7) is 3.87. The average molecular weight is 178 g/mol. The fraction of sp³-hybridized carbons (Fsp3) is 0.667. The van der Waals surface area contributed by atoms with Crippen molar-refractivity contribution in [2.75, 3.05) is 0 Å². The van der Waals surface area contributed by atoms with Crippen molar-refractivity contribution >= 4 is 0 Å². The summed E-state index contributed by atoms with van der Waals surface area (Å²) in [6, 6.07) is 0. The van der Waals surface area contributed by atoms with E-state index >= 15 is 0 Å². The lowest BCUT2D eigenvalue weighted by Crippen LogP contribution is -2.20. The fourth-order valence-corrected chi connectivity index (χ4v) is 1.13. The van der Waals surface area contributed by atoms with Gasteiger partial charge in [-0.2, -0.15) is 0 Å². The van der Waals surface area contributed by atoms with Crippen molar-refractivity contribution in [1.82, 2.24) is 0 Å². The van der Waals surface area contributed by atoms with E-state index in [1.807, 2.05) is 0 Å². The van der Waals surface area contributed by atoms with Crippen molar-refractivity contribution in [3.63, 3.8) is 0 Å². The van der Waals surface area contributed by atoms with Crippen molar-refractivity contribution in [3.05, 3.63) is 0 Å². The molecule has 13 heavy (non-hydrogen) atoms. The normalized spacial score (nSPS) is 13.7. The summed E-state index contributed by atoms with van der Waals surface area (Å²) >= 11 is 0. The summed E-state index contributed by atoms with van der Waals surface area (Å²) < 4.78 is 0. The Morgan fingerprint density at radius 3 is 2.54 bits per heavy atom. The van der Waals surface area contributed by atoms with Crippen LogP contribution in [0.2, 0.25) is 0 Å². The molecule has 1 heteroatoms. The van der Waals surface area contributed by atoms with E-state index in [0.29, 0.717) is 6.42 Å². The summed E-state index contributed by atoms with van der Waals surface area (Å²) in [7, 11) is 0. The Balaban J connectivity index is 3.70. The SMILES string of the molecule is C#CC#CC(C)(O)CCCCCC. The van der Waals surface area contributed by atoms with Crippen molar-refractivity contribution in [2.45, 2.75) is 51.6 Å². The lowest BCUT2D eigenvalue weighted by atomic mass is 9.99. The molecule has 0 fully saturated rings. The highest BCUT2D eigenvalue weighted by atomic mass is 16.3. The van der Waals surface area contributed by atoms with Crippen LogP contribution in [0.15, 0.2) is 0 Å². The summed E-state index contributed by atoms with van der Waals surface area (Å²) in [6.07, 6.45) is 10.3. The standard InChI is InChI=1S/C12H18O/c1-4-6-8-9-11-12(3,13)10-7-5-2/h2,13H,4,6,8-9,11H2,1,3H3. The molecule has 0 saturated carbocycles. The van der Waals surface area contributed by atoms with Crippen LogP contribution >= 0.6 is 0 Å². The average Bonchev–Trinajstić information content (AvgIpc) is 2.09. The van der Waals surface area contributed by atoms with Gasteiger partial charge < -0.3 is 5.11 Å². The molecule has 0 heterocycles. The van der Waals surface area contributed by atoms with Gasteiger partial charge in [0.05, 0.1) is 0 Å². The van der Waals surface area contributed by atoms with Gasteiger partial charge in [0.25, 0.3) is 0 Å². The van der Waals surface area contributed by atoms with Gasteiger partial charge in [0.15, 0.2) is 0 Å². The molecule has 1 nitrogen and oxygen atoms in total. The van der Waals surface area contributed by atoms with E-state index in [4.69, 9.17) is 6.42 Å². The van der Waals surface area contributed by atoms with Crippen LogP contribution in [0.5, 0.6) is 0 Å². The summed E-state index contributed by atoms with van der Waals surface area (Å²) in [4.78, 5) is 0. The minimum absolute atomic E-state index is 0.710. The Hall–Kier alpha value is -0.920. The molecule has 1 atom stereocenters. The Kier molecular flexibility index (Phi) is 6.11. The highest BCUT2D eigenvalue weighted by Gasteiger charge is 2.15. The van der Waals surface area contributed by atoms with Gasteiger partial charge in [-0.25, -0.2) is 0 Å². The molecule has 0 radical (unpaired) electrons. The van der Waals surface area contributed by atoms with Gasteiger partial charge in [-0.3, -0.25) is 0 Å². The predicted molar refractivity (Wildman–Crippen MR) is 56.0 cm³/mol. The molecule has 72 valence electrons. The second kappa shape index (κ2) is 6.58. The van der Waals surface area contributed by atoms with E-state index in [2.05, 4.69) is 24.7 Å². The Morgan fingerprint density at radius 2 is 2.00 bits per heavy atom. The molecular weight excluding hydrogens is 160 g/mol. The van der Waals surface area contributed by atoms with Gasteiger partial charge in [-0.15, -0.1) is 6.42 Å². The van der Waals surface area contributed by atoms with Gasteiger partial charge in [-0.05, 0) is 31.6 Å². The summed E-state index contributed by atoms with van der Waals surface area (Å²) in [5, 5.41) is 9.68. The maximum Gasteiger partial charge on any atom is 0.123 e. The van der Waals surface area contributed by atoms with Crippen molar-refractivity contribution < 1.29 is 5.11 Å². The van der Waals surface area contributed by atoms with Crippen molar-refractivity contribution in [3.8, 4) is 24.2 Å². The first-order valence-electron chi connectivity index (χ1n) is 4.82. The molecule has 0 aliphatic carbocycles. The minimum atomic E-state index is -0.903. The molecule has 0 amide bonds. The Labute approximate surface area is 81.5 Å². The van der Waals surface area contributed by atoms with Crippen molar-refractivity contribution in [2.24, 2.45) is 0 Å². The fourth-order valence-electron chi connectivity index (χ4n) is 1.13. The Bertz CT molecular complexity index is 222. The maximum absolute atomic E-state index is 9.68. The summed E-state index contributed by atoms with van der Waals surface area (Å²) in [5.74, 6) is 7.32. The van der Waals surface area contributed by atoms with Gasteiger partial charge in [0, 0.05) is 0 Å². The van der Waals surface area contributed by atoms with Gasteiger partial charge in [0.1, 0.15) is 5.60 Å². The zero-order valence-electron chi connectivity index (χ0n) is 8.56. The molecule has 0 aromatic carbocycles. The molecule has 0 bridgehead atoms. The van der Waals surface area contributed by atoms with Gasteiger partial charge in [0.2, 0.25) is 0 Å². The van der Waals surface area contributed by atoms with Crippen LogP contribution in [-0.4, -0.2) is 10.7 Å². The zero-order valence-corrected chi connectivity index (χ0v) is 8.56. The first kappa shape index (κ1) is 12.1. The zero-order chi connectivity index (χ0) is 10.2. The molecule has 1 unspecified atom stereocenters. The molecule has 0 aliphatic heterocycles. The monoisotopic (exact) mass is 178 g/mol. The highest BCUT2D eigenvalue weighted by molar-refractivity contribution is 5.26. The number of rotatable bonds is 5. The quantitative estimate of drug-likeness (QED) is 0.506. The van der Waals surface area contributed by atoms with Crippen LogP contribution in [0.4, 0.5) is 0 Å². The lowest BCUT2D eigenvalue weighted by molar-refractivity contribution is 0.109. The van der Waals surface area contributed by atoms with Crippen LogP contribution in [-0.2, 0) is 0 Å². The number of aliphatic hydroxyl groups is 1. The third-order valence-electron chi connectivity index (χ3n) is 1.92. The maximum atomic E-state index is 9.68. The van der Waals surface area contributed by atoms with Crippen LogP contribution in [0.25, 0.3) is 0 Å². The van der Waals surface area contributed by atoms with E-state index in [0.717, 1.165) is 12.8 Å². The van der Waals surface area contributed by atoms with E-state index in [9.17, 15) is 5.11 Å². The first-order chi connectivity index (χ1) is 6.12. The van der Waals surface area contributed by atoms with E-state index in [1.165, 1.54) is 12.8 Å². The number of hydrogen-bond donors (Lipinski definition) is 1. The van der Waals surface area contributed by atoms with Gasteiger partial charge in [-0.1, -0.05) is 32.1 Å². The van der Waals surface area contributed by atoms with Crippen LogP contribution in [0, 0.1) is 24.2 Å². The van der Waals surface area contributed by atoms with E-state index in [-0.39, 0.29) is 0 Å². The second-order valence-electron chi connectivity index (χ2n) is 3.48. The smallest absolute Gasteiger partial charge is 0.123 e. The second-order valence-corrected chi connectivity index (χ2v) is 3.48. The van der Waals surface area contributed by atoms with Crippen molar-refractivity contribution in [1.29, 1.82) is 0 Å². The van der Waals surface area contributed by atoms with E-state index < -0.39 is 5.60 Å². The van der Waals surface area contributed by atoms with E-state index in [1.54, 1.807) is 6.92 Å².